The Kier molecular flexibility index (Phi) is 5.65. The zero-order valence-electron chi connectivity index (χ0n) is 13.9. The summed E-state index contributed by atoms with van der Waals surface area (Å²) in [6, 6.07) is 14.7. The number of carbonyl (C=O) groups excluding carboxylic acids is 1. The molecule has 0 aliphatic carbocycles. The van der Waals surface area contributed by atoms with E-state index in [0.717, 1.165) is 26.7 Å². The number of hydrogen-bond acceptors (Lipinski definition) is 7. The standard InChI is InChI=1S/C18H16N2O4S2/c1-2-24-18(21)13-10-15(14-8-9-16(25-14)20(22)23)26-17(13)19-11-12-6-4-3-5-7-12/h3-10,19H,2,11H2,1H3. The Morgan fingerprint density at radius 2 is 1.92 bits per heavy atom. The largest absolute Gasteiger partial charge is 0.462 e. The minimum Gasteiger partial charge on any atom is -0.462 e. The Bertz CT molecular complexity index is 918. The van der Waals surface area contributed by atoms with Crippen LogP contribution < -0.4 is 5.32 Å². The van der Waals surface area contributed by atoms with E-state index in [4.69, 9.17) is 4.74 Å². The normalized spacial score (nSPS) is 10.5. The maximum Gasteiger partial charge on any atom is 0.341 e. The molecule has 6 nitrogen and oxygen atoms in total. The molecule has 3 rings (SSSR count). The minimum absolute atomic E-state index is 0.0740. The van der Waals surface area contributed by atoms with Gasteiger partial charge in [0.25, 0.3) is 0 Å². The Hall–Kier alpha value is -2.71. The van der Waals surface area contributed by atoms with Gasteiger partial charge in [-0.05, 0) is 24.6 Å². The summed E-state index contributed by atoms with van der Waals surface area (Å²) < 4.78 is 5.14. The molecule has 0 radical (unpaired) electrons. The summed E-state index contributed by atoms with van der Waals surface area (Å²) in [5.74, 6) is -0.406. The zero-order valence-corrected chi connectivity index (χ0v) is 15.6. The lowest BCUT2D eigenvalue weighted by molar-refractivity contribution is -0.380. The van der Waals surface area contributed by atoms with Crippen molar-refractivity contribution in [2.75, 3.05) is 11.9 Å². The number of carbonyl (C=O) groups is 1. The lowest BCUT2D eigenvalue weighted by Gasteiger charge is -2.07. The summed E-state index contributed by atoms with van der Waals surface area (Å²) in [7, 11) is 0. The number of hydrogen-bond donors (Lipinski definition) is 1. The SMILES string of the molecule is CCOC(=O)c1cc(-c2ccc([N+](=O)[O-])s2)sc1NCc1ccccc1. The highest BCUT2D eigenvalue weighted by atomic mass is 32.1. The molecule has 0 aliphatic heterocycles. The Morgan fingerprint density at radius 3 is 2.58 bits per heavy atom. The summed E-state index contributed by atoms with van der Waals surface area (Å²) >= 11 is 2.47. The van der Waals surface area contributed by atoms with Crippen LogP contribution in [0.25, 0.3) is 9.75 Å². The number of rotatable bonds is 7. The van der Waals surface area contributed by atoms with Crippen molar-refractivity contribution in [3.63, 3.8) is 0 Å². The number of anilines is 1. The molecule has 1 aromatic carbocycles. The van der Waals surface area contributed by atoms with Crippen LogP contribution in [0, 0.1) is 10.1 Å². The summed E-state index contributed by atoms with van der Waals surface area (Å²) in [4.78, 5) is 24.3. The van der Waals surface area contributed by atoms with E-state index in [2.05, 4.69) is 5.32 Å². The van der Waals surface area contributed by atoms with Crippen molar-refractivity contribution in [1.29, 1.82) is 0 Å². The molecule has 0 unspecified atom stereocenters. The lowest BCUT2D eigenvalue weighted by Crippen LogP contribution is -2.07. The van der Waals surface area contributed by atoms with Crippen molar-refractivity contribution in [3.8, 4) is 9.75 Å². The van der Waals surface area contributed by atoms with Crippen molar-refractivity contribution in [1.82, 2.24) is 0 Å². The van der Waals surface area contributed by atoms with Gasteiger partial charge in [0.15, 0.2) is 0 Å². The Morgan fingerprint density at radius 1 is 1.15 bits per heavy atom. The maximum absolute atomic E-state index is 12.3. The second kappa shape index (κ2) is 8.11. The highest BCUT2D eigenvalue weighted by Crippen LogP contribution is 2.41. The summed E-state index contributed by atoms with van der Waals surface area (Å²) in [5.41, 5.74) is 1.53. The molecule has 0 aliphatic rings. The quantitative estimate of drug-likeness (QED) is 0.343. The number of nitrogens with one attached hydrogen (secondary N) is 1. The van der Waals surface area contributed by atoms with Gasteiger partial charge in [-0.3, -0.25) is 10.1 Å². The molecule has 134 valence electrons. The predicted octanol–water partition coefficient (Wildman–Crippen LogP) is 5.17. The molecule has 2 heterocycles. The average molecular weight is 388 g/mol. The number of nitrogens with zero attached hydrogens (tertiary/aromatic N) is 1. The van der Waals surface area contributed by atoms with E-state index in [1.54, 1.807) is 19.1 Å². The smallest absolute Gasteiger partial charge is 0.341 e. The first kappa shape index (κ1) is 18.1. The first-order valence-electron chi connectivity index (χ1n) is 7.92. The molecule has 0 bridgehead atoms. The Balaban J connectivity index is 1.89. The molecule has 0 saturated heterocycles. The van der Waals surface area contributed by atoms with Gasteiger partial charge in [-0.25, -0.2) is 4.79 Å². The lowest BCUT2D eigenvalue weighted by atomic mass is 10.2. The van der Waals surface area contributed by atoms with Crippen LogP contribution in [0.4, 0.5) is 10.0 Å². The van der Waals surface area contributed by atoms with Gasteiger partial charge >= 0.3 is 11.0 Å². The molecular formula is C18H16N2O4S2. The fourth-order valence-electron chi connectivity index (χ4n) is 2.34. The van der Waals surface area contributed by atoms with Gasteiger partial charge in [0.2, 0.25) is 0 Å². The maximum atomic E-state index is 12.3. The number of thiophene rings is 2. The van der Waals surface area contributed by atoms with Gasteiger partial charge in [-0.15, -0.1) is 11.3 Å². The third-order valence-electron chi connectivity index (χ3n) is 3.54. The average Bonchev–Trinajstić information content (AvgIpc) is 3.28. The van der Waals surface area contributed by atoms with Crippen molar-refractivity contribution in [2.45, 2.75) is 13.5 Å². The molecule has 0 amide bonds. The minimum atomic E-state index is -0.414. The second-order valence-electron chi connectivity index (χ2n) is 5.31. The summed E-state index contributed by atoms with van der Waals surface area (Å²) in [5, 5.41) is 14.9. The van der Waals surface area contributed by atoms with Crippen LogP contribution in [0.3, 0.4) is 0 Å². The van der Waals surface area contributed by atoms with E-state index in [-0.39, 0.29) is 11.6 Å². The van der Waals surface area contributed by atoms with Crippen molar-refractivity contribution < 1.29 is 14.5 Å². The van der Waals surface area contributed by atoms with E-state index < -0.39 is 10.9 Å². The zero-order chi connectivity index (χ0) is 18.5. The van der Waals surface area contributed by atoms with Crippen molar-refractivity contribution in [3.05, 3.63) is 69.8 Å². The topological polar surface area (TPSA) is 81.5 Å². The molecular weight excluding hydrogens is 372 g/mol. The van der Waals surface area contributed by atoms with E-state index in [0.29, 0.717) is 17.1 Å². The molecule has 8 heteroatoms. The van der Waals surface area contributed by atoms with E-state index >= 15 is 0 Å². The van der Waals surface area contributed by atoms with Gasteiger partial charge in [0, 0.05) is 17.5 Å². The molecule has 0 spiro atoms. The monoisotopic (exact) mass is 388 g/mol. The van der Waals surface area contributed by atoms with Crippen LogP contribution in [0.2, 0.25) is 0 Å². The molecule has 26 heavy (non-hydrogen) atoms. The first-order valence-corrected chi connectivity index (χ1v) is 9.55. The fraction of sp³-hybridized carbons (Fsp3) is 0.167. The highest BCUT2D eigenvalue weighted by Gasteiger charge is 2.20. The molecule has 2 aromatic heterocycles. The fourth-order valence-corrected chi connectivity index (χ4v) is 4.28. The molecule has 0 saturated carbocycles. The van der Waals surface area contributed by atoms with Gasteiger partial charge in [0.1, 0.15) is 5.00 Å². The third-order valence-corrected chi connectivity index (χ3v) is 5.86. The molecule has 0 atom stereocenters. The van der Waals surface area contributed by atoms with Crippen LogP contribution in [0.15, 0.2) is 48.5 Å². The Labute approximate surface area is 158 Å². The highest BCUT2D eigenvalue weighted by molar-refractivity contribution is 7.25. The van der Waals surface area contributed by atoms with E-state index in [1.807, 2.05) is 30.3 Å². The van der Waals surface area contributed by atoms with Crippen molar-refractivity contribution in [2.24, 2.45) is 0 Å². The number of benzene rings is 1. The van der Waals surface area contributed by atoms with Crippen LogP contribution in [0.1, 0.15) is 22.8 Å². The van der Waals surface area contributed by atoms with Crippen LogP contribution >= 0.6 is 22.7 Å². The second-order valence-corrected chi connectivity index (χ2v) is 7.42. The van der Waals surface area contributed by atoms with Crippen LogP contribution in [0.5, 0.6) is 0 Å². The molecule has 1 N–H and O–H groups in total. The predicted molar refractivity (Wildman–Crippen MR) is 104 cm³/mol. The van der Waals surface area contributed by atoms with Gasteiger partial charge in [-0.1, -0.05) is 41.7 Å². The van der Waals surface area contributed by atoms with Crippen LogP contribution in [-0.2, 0) is 11.3 Å². The third kappa shape index (κ3) is 4.09. The summed E-state index contributed by atoms with van der Waals surface area (Å²) in [6.45, 7) is 2.61. The van der Waals surface area contributed by atoms with Gasteiger partial charge in [-0.2, -0.15) is 0 Å². The van der Waals surface area contributed by atoms with E-state index in [9.17, 15) is 14.9 Å². The van der Waals surface area contributed by atoms with E-state index in [1.165, 1.54) is 17.4 Å². The van der Waals surface area contributed by atoms with Gasteiger partial charge < -0.3 is 10.1 Å². The summed E-state index contributed by atoms with van der Waals surface area (Å²) in [6.07, 6.45) is 0. The number of esters is 1. The number of ether oxygens (including phenoxy) is 1. The molecule has 3 aromatic rings. The molecule has 0 fully saturated rings. The number of nitro groups is 1. The van der Waals surface area contributed by atoms with Crippen molar-refractivity contribution >= 4 is 38.6 Å². The van der Waals surface area contributed by atoms with Gasteiger partial charge in [0.05, 0.1) is 22.0 Å². The first-order chi connectivity index (χ1) is 12.6. The van der Waals surface area contributed by atoms with Crippen LogP contribution in [-0.4, -0.2) is 17.5 Å².